The number of hydrogen-bond donors (Lipinski definition) is 2. The Kier molecular flexibility index (Phi) is 2.45. The van der Waals surface area contributed by atoms with Crippen molar-refractivity contribution in [1.82, 2.24) is 4.98 Å². The number of carbonyl (C=O) groups is 2. The van der Waals surface area contributed by atoms with Crippen LogP contribution in [0.3, 0.4) is 0 Å². The van der Waals surface area contributed by atoms with Gasteiger partial charge in [0.05, 0.1) is 11.8 Å². The Morgan fingerprint density at radius 1 is 1.62 bits per heavy atom. The fourth-order valence-electron chi connectivity index (χ4n) is 0.891. The Morgan fingerprint density at radius 2 is 2.31 bits per heavy atom. The first-order valence-corrected chi connectivity index (χ1v) is 3.53. The Bertz CT molecular complexity index is 361. The Labute approximate surface area is 74.2 Å². The van der Waals surface area contributed by atoms with Crippen molar-refractivity contribution in [3.05, 3.63) is 24.0 Å². The summed E-state index contributed by atoms with van der Waals surface area (Å²) in [5.74, 6) is -2.93. The average molecular weight is 177 g/mol. The number of nitriles is 1. The number of aromatic amines is 1. The van der Waals surface area contributed by atoms with Gasteiger partial charge in [0.25, 0.3) is 0 Å². The van der Waals surface area contributed by atoms with Crippen LogP contribution < -0.4 is 5.73 Å². The van der Waals surface area contributed by atoms with E-state index in [1.54, 1.807) is 12.1 Å². The second kappa shape index (κ2) is 3.54. The van der Waals surface area contributed by atoms with Crippen LogP contribution in [0.15, 0.2) is 18.3 Å². The molecule has 3 N–H and O–H groups in total. The van der Waals surface area contributed by atoms with Gasteiger partial charge in [0.2, 0.25) is 11.7 Å². The lowest BCUT2D eigenvalue weighted by molar-refractivity contribution is -0.119. The van der Waals surface area contributed by atoms with E-state index < -0.39 is 17.6 Å². The molecule has 5 nitrogen and oxygen atoms in total. The van der Waals surface area contributed by atoms with Crippen molar-refractivity contribution in [3.63, 3.8) is 0 Å². The number of nitrogens with zero attached hydrogens (tertiary/aromatic N) is 1. The molecule has 0 fully saturated rings. The predicted octanol–water partition coefficient (Wildman–Crippen LogP) is -0.178. The van der Waals surface area contributed by atoms with Gasteiger partial charge < -0.3 is 10.7 Å². The molecule has 0 saturated heterocycles. The summed E-state index contributed by atoms with van der Waals surface area (Å²) in [4.78, 5) is 24.6. The molecule has 1 rings (SSSR count). The minimum absolute atomic E-state index is 0.213. The molecule has 0 aromatic carbocycles. The van der Waals surface area contributed by atoms with Gasteiger partial charge in [0.15, 0.2) is 5.92 Å². The summed E-state index contributed by atoms with van der Waals surface area (Å²) in [6, 6.07) is 4.63. The summed E-state index contributed by atoms with van der Waals surface area (Å²) in [5.41, 5.74) is 5.07. The van der Waals surface area contributed by atoms with E-state index in [9.17, 15) is 9.59 Å². The van der Waals surface area contributed by atoms with Crippen LogP contribution in [0.4, 0.5) is 0 Å². The van der Waals surface area contributed by atoms with Crippen molar-refractivity contribution in [2.24, 2.45) is 11.7 Å². The molecule has 0 bridgehead atoms. The third-order valence-corrected chi connectivity index (χ3v) is 1.54. The number of nitrogens with two attached hydrogens (primary N) is 1. The molecule has 0 radical (unpaired) electrons. The van der Waals surface area contributed by atoms with Crippen molar-refractivity contribution < 1.29 is 9.59 Å². The lowest BCUT2D eigenvalue weighted by atomic mass is 10.0. The van der Waals surface area contributed by atoms with Crippen LogP contribution in [-0.2, 0) is 4.79 Å². The van der Waals surface area contributed by atoms with Crippen LogP contribution in [0.2, 0.25) is 0 Å². The quantitative estimate of drug-likeness (QED) is 0.494. The Hall–Kier alpha value is -2.09. The van der Waals surface area contributed by atoms with Crippen molar-refractivity contribution in [2.75, 3.05) is 0 Å². The molecule has 66 valence electrons. The fraction of sp³-hybridized carbons (Fsp3) is 0.125. The number of Topliss-reactive ketones (excluding diaryl/α,β-unsaturated/α-hetero) is 1. The number of carbonyl (C=O) groups excluding carboxylic acids is 2. The first kappa shape index (κ1) is 9.00. The van der Waals surface area contributed by atoms with Gasteiger partial charge in [-0.15, -0.1) is 0 Å². The zero-order chi connectivity index (χ0) is 9.84. The van der Waals surface area contributed by atoms with Crippen molar-refractivity contribution in [1.29, 1.82) is 5.26 Å². The van der Waals surface area contributed by atoms with E-state index in [4.69, 9.17) is 11.0 Å². The summed E-state index contributed by atoms with van der Waals surface area (Å²) in [6.45, 7) is 0. The van der Waals surface area contributed by atoms with Crippen LogP contribution in [-0.4, -0.2) is 16.7 Å². The zero-order valence-electron chi connectivity index (χ0n) is 6.65. The largest absolute Gasteiger partial charge is 0.368 e. The maximum absolute atomic E-state index is 11.3. The van der Waals surface area contributed by atoms with E-state index in [0.717, 1.165) is 0 Å². The smallest absolute Gasteiger partial charge is 0.242 e. The predicted molar refractivity (Wildman–Crippen MR) is 43.4 cm³/mol. The van der Waals surface area contributed by atoms with Gasteiger partial charge in [-0.2, -0.15) is 5.26 Å². The minimum Gasteiger partial charge on any atom is -0.368 e. The number of rotatable bonds is 3. The molecule has 0 aliphatic carbocycles. The normalized spacial score (nSPS) is 11.6. The monoisotopic (exact) mass is 177 g/mol. The summed E-state index contributed by atoms with van der Waals surface area (Å²) in [6.07, 6.45) is 1.53. The van der Waals surface area contributed by atoms with Gasteiger partial charge in [0.1, 0.15) is 0 Å². The topological polar surface area (TPSA) is 99.7 Å². The highest BCUT2D eigenvalue weighted by Crippen LogP contribution is 2.05. The molecule has 1 aromatic rings. The van der Waals surface area contributed by atoms with Gasteiger partial charge in [-0.3, -0.25) is 9.59 Å². The molecular weight excluding hydrogens is 170 g/mol. The lowest BCUT2D eigenvalue weighted by Crippen LogP contribution is -2.29. The minimum atomic E-state index is -1.40. The Balaban J connectivity index is 2.91. The van der Waals surface area contributed by atoms with E-state index in [1.807, 2.05) is 0 Å². The van der Waals surface area contributed by atoms with Gasteiger partial charge in [0, 0.05) is 6.20 Å². The number of primary amides is 1. The SMILES string of the molecule is N#CC(C(N)=O)C(=O)c1ccc[nH]1. The lowest BCUT2D eigenvalue weighted by Gasteiger charge is -2.00. The van der Waals surface area contributed by atoms with Gasteiger partial charge in [-0.05, 0) is 12.1 Å². The molecule has 0 saturated carbocycles. The number of nitrogens with one attached hydrogen (secondary N) is 1. The van der Waals surface area contributed by atoms with Crippen LogP contribution >= 0.6 is 0 Å². The van der Waals surface area contributed by atoms with Crippen molar-refractivity contribution in [2.45, 2.75) is 0 Å². The second-order valence-electron chi connectivity index (χ2n) is 2.41. The standard InChI is InChI=1S/C8H7N3O2/c9-4-5(8(10)13)7(12)6-2-1-3-11-6/h1-3,5,11H,(H2,10,13). The first-order valence-electron chi connectivity index (χ1n) is 3.53. The van der Waals surface area contributed by atoms with Gasteiger partial charge in [-0.25, -0.2) is 0 Å². The summed E-state index contributed by atoms with van der Waals surface area (Å²) >= 11 is 0. The van der Waals surface area contributed by atoms with E-state index in [0.29, 0.717) is 0 Å². The van der Waals surface area contributed by atoms with E-state index in [-0.39, 0.29) is 5.69 Å². The van der Waals surface area contributed by atoms with Crippen molar-refractivity contribution >= 4 is 11.7 Å². The van der Waals surface area contributed by atoms with Crippen LogP contribution in [0.25, 0.3) is 0 Å². The molecule has 0 spiro atoms. The zero-order valence-corrected chi connectivity index (χ0v) is 6.65. The molecule has 1 heterocycles. The summed E-state index contributed by atoms with van der Waals surface area (Å²) < 4.78 is 0. The molecule has 0 aliphatic rings. The summed E-state index contributed by atoms with van der Waals surface area (Å²) in [5, 5.41) is 8.48. The van der Waals surface area contributed by atoms with Gasteiger partial charge in [-0.1, -0.05) is 0 Å². The number of H-pyrrole nitrogens is 1. The van der Waals surface area contributed by atoms with E-state index in [1.165, 1.54) is 12.3 Å². The van der Waals surface area contributed by atoms with Crippen LogP contribution in [0, 0.1) is 17.2 Å². The molecule has 1 amide bonds. The second-order valence-corrected chi connectivity index (χ2v) is 2.41. The number of amides is 1. The molecule has 0 aliphatic heterocycles. The molecule has 13 heavy (non-hydrogen) atoms. The maximum Gasteiger partial charge on any atom is 0.242 e. The van der Waals surface area contributed by atoms with Crippen LogP contribution in [0.1, 0.15) is 10.5 Å². The van der Waals surface area contributed by atoms with Crippen molar-refractivity contribution in [3.8, 4) is 6.07 Å². The molecule has 1 unspecified atom stereocenters. The number of aromatic nitrogens is 1. The van der Waals surface area contributed by atoms with E-state index >= 15 is 0 Å². The van der Waals surface area contributed by atoms with Gasteiger partial charge >= 0.3 is 0 Å². The fourth-order valence-corrected chi connectivity index (χ4v) is 0.891. The number of hydrogen-bond acceptors (Lipinski definition) is 3. The third kappa shape index (κ3) is 1.73. The third-order valence-electron chi connectivity index (χ3n) is 1.54. The van der Waals surface area contributed by atoms with E-state index in [2.05, 4.69) is 4.98 Å². The average Bonchev–Trinajstić information content (AvgIpc) is 2.56. The molecular formula is C8H7N3O2. The number of ketones is 1. The Morgan fingerprint density at radius 3 is 2.69 bits per heavy atom. The van der Waals surface area contributed by atoms with Crippen LogP contribution in [0.5, 0.6) is 0 Å². The summed E-state index contributed by atoms with van der Waals surface area (Å²) in [7, 11) is 0. The molecule has 5 heteroatoms. The highest BCUT2D eigenvalue weighted by Gasteiger charge is 2.25. The molecule has 1 aromatic heterocycles. The highest BCUT2D eigenvalue weighted by molar-refractivity contribution is 6.10. The molecule has 1 atom stereocenters. The maximum atomic E-state index is 11.3. The highest BCUT2D eigenvalue weighted by atomic mass is 16.2. The first-order chi connectivity index (χ1) is 6.16.